The number of hydrogen-bond donors (Lipinski definition) is 1. The molecule has 2 rings (SSSR count). The number of benzene rings is 2. The van der Waals surface area contributed by atoms with Crippen molar-refractivity contribution < 1.29 is 14.3 Å². The molecule has 0 aliphatic heterocycles. The summed E-state index contributed by atoms with van der Waals surface area (Å²) < 4.78 is 11.2. The van der Waals surface area contributed by atoms with Crippen LogP contribution in [0.3, 0.4) is 0 Å². The third-order valence-electron chi connectivity index (χ3n) is 3.18. The van der Waals surface area contributed by atoms with Gasteiger partial charge in [0.15, 0.2) is 0 Å². The number of para-hydroxylation sites is 2. The second-order valence-electron chi connectivity index (χ2n) is 6.21. The quantitative estimate of drug-likeness (QED) is 0.913. The molecule has 0 spiro atoms. The summed E-state index contributed by atoms with van der Waals surface area (Å²) in [5.74, 6) is 1.16. The van der Waals surface area contributed by atoms with E-state index in [4.69, 9.17) is 9.47 Å². The Morgan fingerprint density at radius 1 is 1.00 bits per heavy atom. The van der Waals surface area contributed by atoms with E-state index in [1.807, 2.05) is 57.2 Å². The zero-order valence-electron chi connectivity index (χ0n) is 14.1. The summed E-state index contributed by atoms with van der Waals surface area (Å²) in [7, 11) is 1.55. The molecule has 0 aliphatic carbocycles. The van der Waals surface area contributed by atoms with Gasteiger partial charge in [-0.15, -0.1) is 0 Å². The van der Waals surface area contributed by atoms with Crippen LogP contribution in [0.5, 0.6) is 11.5 Å². The molecule has 0 heterocycles. The second-order valence-corrected chi connectivity index (χ2v) is 6.21. The van der Waals surface area contributed by atoms with Gasteiger partial charge in [0.25, 0.3) is 5.91 Å². The zero-order chi connectivity index (χ0) is 16.9. The maximum atomic E-state index is 12.4. The van der Waals surface area contributed by atoms with E-state index in [9.17, 15) is 4.79 Å². The number of amides is 1. The molecule has 0 bridgehead atoms. The van der Waals surface area contributed by atoms with Gasteiger partial charge in [0, 0.05) is 12.1 Å². The molecule has 0 fully saturated rings. The first-order valence-electron chi connectivity index (χ1n) is 7.59. The summed E-state index contributed by atoms with van der Waals surface area (Å²) in [5, 5.41) is 2.92. The van der Waals surface area contributed by atoms with Crippen molar-refractivity contribution in [1.29, 1.82) is 0 Å². The van der Waals surface area contributed by atoms with Crippen molar-refractivity contribution in [3.63, 3.8) is 0 Å². The van der Waals surface area contributed by atoms with Gasteiger partial charge in [-0.2, -0.15) is 0 Å². The van der Waals surface area contributed by atoms with Gasteiger partial charge >= 0.3 is 0 Å². The predicted molar refractivity (Wildman–Crippen MR) is 91.0 cm³/mol. The van der Waals surface area contributed by atoms with Crippen molar-refractivity contribution in [2.45, 2.75) is 32.9 Å². The van der Waals surface area contributed by atoms with E-state index in [0.717, 1.165) is 11.3 Å². The average Bonchev–Trinajstić information content (AvgIpc) is 2.52. The van der Waals surface area contributed by atoms with Crippen LogP contribution in [0.15, 0.2) is 48.5 Å². The van der Waals surface area contributed by atoms with Crippen molar-refractivity contribution >= 4 is 5.91 Å². The summed E-state index contributed by atoms with van der Waals surface area (Å²) >= 11 is 0. The Morgan fingerprint density at radius 2 is 1.61 bits per heavy atom. The van der Waals surface area contributed by atoms with Gasteiger partial charge in [0.2, 0.25) is 0 Å². The third kappa shape index (κ3) is 4.74. The van der Waals surface area contributed by atoms with Gasteiger partial charge in [-0.3, -0.25) is 4.79 Å². The summed E-state index contributed by atoms with van der Waals surface area (Å²) in [6, 6.07) is 14.9. The molecule has 23 heavy (non-hydrogen) atoms. The molecule has 0 aliphatic rings. The lowest BCUT2D eigenvalue weighted by molar-refractivity contribution is 0.0946. The molecule has 0 saturated carbocycles. The molecule has 122 valence electrons. The van der Waals surface area contributed by atoms with Crippen LogP contribution in [-0.2, 0) is 6.54 Å². The molecule has 4 heteroatoms. The number of carbonyl (C=O) groups excluding carboxylic acids is 1. The molecule has 0 unspecified atom stereocenters. The topological polar surface area (TPSA) is 47.6 Å². The highest BCUT2D eigenvalue weighted by Crippen LogP contribution is 2.23. The average molecular weight is 313 g/mol. The Balaban J connectivity index is 2.10. The van der Waals surface area contributed by atoms with Crippen molar-refractivity contribution in [1.82, 2.24) is 5.32 Å². The minimum Gasteiger partial charge on any atom is -0.496 e. The van der Waals surface area contributed by atoms with Gasteiger partial charge in [-0.25, -0.2) is 0 Å². The number of rotatable bonds is 5. The molecule has 0 radical (unpaired) electrons. The van der Waals surface area contributed by atoms with E-state index < -0.39 is 0 Å². The predicted octanol–water partition coefficient (Wildman–Crippen LogP) is 3.80. The molecule has 0 aromatic heterocycles. The van der Waals surface area contributed by atoms with Crippen molar-refractivity contribution in [3.05, 3.63) is 59.7 Å². The number of hydrogen-bond acceptors (Lipinski definition) is 3. The summed E-state index contributed by atoms with van der Waals surface area (Å²) in [5.41, 5.74) is 1.16. The molecular formula is C19H23NO3. The fourth-order valence-electron chi connectivity index (χ4n) is 2.18. The van der Waals surface area contributed by atoms with E-state index in [1.54, 1.807) is 19.2 Å². The monoisotopic (exact) mass is 313 g/mol. The lowest BCUT2D eigenvalue weighted by atomic mass is 10.1. The molecule has 2 aromatic carbocycles. The Hall–Kier alpha value is -2.49. The first-order chi connectivity index (χ1) is 10.9. The van der Waals surface area contributed by atoms with Crippen LogP contribution in [0.4, 0.5) is 0 Å². The smallest absolute Gasteiger partial charge is 0.255 e. The Kier molecular flexibility index (Phi) is 5.27. The normalized spacial score (nSPS) is 11.0. The van der Waals surface area contributed by atoms with Crippen LogP contribution in [0.2, 0.25) is 0 Å². The molecule has 0 atom stereocenters. The molecule has 0 saturated heterocycles. The van der Waals surface area contributed by atoms with Crippen molar-refractivity contribution in [2.75, 3.05) is 7.11 Å². The first-order valence-corrected chi connectivity index (χ1v) is 7.59. The number of methoxy groups -OCH3 is 1. The minimum absolute atomic E-state index is 0.173. The number of ether oxygens (including phenoxy) is 2. The van der Waals surface area contributed by atoms with E-state index >= 15 is 0 Å². The summed E-state index contributed by atoms with van der Waals surface area (Å²) in [6.07, 6.45) is 0. The Labute approximate surface area is 137 Å². The van der Waals surface area contributed by atoms with Crippen molar-refractivity contribution in [3.8, 4) is 11.5 Å². The van der Waals surface area contributed by atoms with Crippen LogP contribution in [0, 0.1) is 0 Å². The van der Waals surface area contributed by atoms with E-state index in [-0.39, 0.29) is 11.5 Å². The maximum absolute atomic E-state index is 12.4. The Morgan fingerprint density at radius 3 is 2.26 bits per heavy atom. The maximum Gasteiger partial charge on any atom is 0.255 e. The molecule has 2 aromatic rings. The van der Waals surface area contributed by atoms with E-state index in [1.165, 1.54) is 0 Å². The van der Waals surface area contributed by atoms with Crippen LogP contribution < -0.4 is 14.8 Å². The summed E-state index contributed by atoms with van der Waals surface area (Å²) in [4.78, 5) is 12.4. The van der Waals surface area contributed by atoms with Gasteiger partial charge in [-0.05, 0) is 39.0 Å². The highest BCUT2D eigenvalue weighted by molar-refractivity contribution is 5.96. The number of nitrogens with one attached hydrogen (secondary N) is 1. The number of carbonyl (C=O) groups is 1. The van der Waals surface area contributed by atoms with Crippen molar-refractivity contribution in [2.24, 2.45) is 0 Å². The molecule has 1 amide bonds. The minimum atomic E-state index is -0.289. The SMILES string of the molecule is COc1ccccc1C(=O)NCc1ccccc1OC(C)(C)C. The Bertz CT molecular complexity index is 674. The highest BCUT2D eigenvalue weighted by atomic mass is 16.5. The molecule has 4 nitrogen and oxygen atoms in total. The van der Waals surface area contributed by atoms with Gasteiger partial charge in [-0.1, -0.05) is 30.3 Å². The van der Waals surface area contributed by atoms with Crippen LogP contribution >= 0.6 is 0 Å². The summed E-state index contributed by atoms with van der Waals surface area (Å²) in [6.45, 7) is 6.38. The van der Waals surface area contributed by atoms with Crippen LogP contribution in [0.1, 0.15) is 36.7 Å². The lowest BCUT2D eigenvalue weighted by Crippen LogP contribution is -2.26. The van der Waals surface area contributed by atoms with Crippen LogP contribution in [-0.4, -0.2) is 18.6 Å². The zero-order valence-corrected chi connectivity index (χ0v) is 14.1. The van der Waals surface area contributed by atoms with Crippen LogP contribution in [0.25, 0.3) is 0 Å². The second kappa shape index (κ2) is 7.18. The molecular weight excluding hydrogens is 290 g/mol. The first kappa shape index (κ1) is 16.9. The van der Waals surface area contributed by atoms with E-state index in [2.05, 4.69) is 5.32 Å². The van der Waals surface area contributed by atoms with Gasteiger partial charge < -0.3 is 14.8 Å². The lowest BCUT2D eigenvalue weighted by Gasteiger charge is -2.23. The molecule has 1 N–H and O–H groups in total. The fourth-order valence-corrected chi connectivity index (χ4v) is 2.18. The van der Waals surface area contributed by atoms with E-state index in [0.29, 0.717) is 17.9 Å². The van der Waals surface area contributed by atoms with Gasteiger partial charge in [0.05, 0.1) is 12.7 Å². The fraction of sp³-hybridized carbons (Fsp3) is 0.316. The third-order valence-corrected chi connectivity index (χ3v) is 3.18. The van der Waals surface area contributed by atoms with Gasteiger partial charge in [0.1, 0.15) is 17.1 Å². The largest absolute Gasteiger partial charge is 0.496 e. The standard InChI is InChI=1S/C19H23NO3/c1-19(2,3)23-16-11-7-5-9-14(16)13-20-18(21)15-10-6-8-12-17(15)22-4/h5-12H,13H2,1-4H3,(H,20,21). The highest BCUT2D eigenvalue weighted by Gasteiger charge is 2.16.